The van der Waals surface area contributed by atoms with E-state index < -0.39 is 5.82 Å². The minimum atomic E-state index is -0.392. The molecule has 1 saturated heterocycles. The molecule has 184 valence electrons. The van der Waals surface area contributed by atoms with E-state index in [0.29, 0.717) is 44.3 Å². The second-order valence-corrected chi connectivity index (χ2v) is 9.46. The first-order chi connectivity index (χ1) is 17.4. The quantitative estimate of drug-likeness (QED) is 0.277. The molecule has 0 atom stereocenters. The first-order valence-corrected chi connectivity index (χ1v) is 12.4. The standard InChI is InChI=1S/C27H23FN2O4S2/c1-3-13-34-22-12-7-17(14-23(22)33-2)15-24-26(32)30(27(35)36-24)21-6-4-5-18(16-21)25(31)29-20-10-8-19(28)9-11-20/h4-12,14-16H,3,13H2,1-2H3,(H,29,31)/b24-15+. The van der Waals surface area contributed by atoms with Crippen LogP contribution >= 0.6 is 24.0 Å². The van der Waals surface area contributed by atoms with Gasteiger partial charge in [0.2, 0.25) is 0 Å². The first kappa shape index (κ1) is 25.4. The van der Waals surface area contributed by atoms with Crippen molar-refractivity contribution in [3.05, 3.63) is 88.6 Å². The van der Waals surface area contributed by atoms with Crippen molar-refractivity contribution in [2.75, 3.05) is 23.9 Å². The summed E-state index contributed by atoms with van der Waals surface area (Å²) in [5.74, 6) is 0.150. The van der Waals surface area contributed by atoms with Crippen molar-refractivity contribution in [2.24, 2.45) is 0 Å². The van der Waals surface area contributed by atoms with Gasteiger partial charge in [0.15, 0.2) is 15.8 Å². The second kappa shape index (κ2) is 11.4. The van der Waals surface area contributed by atoms with Crippen molar-refractivity contribution in [1.82, 2.24) is 0 Å². The van der Waals surface area contributed by atoms with Crippen molar-refractivity contribution in [3.8, 4) is 11.5 Å². The Balaban J connectivity index is 1.54. The molecule has 0 aliphatic carbocycles. The van der Waals surface area contributed by atoms with Crippen LogP contribution in [0, 0.1) is 5.82 Å². The predicted molar refractivity (Wildman–Crippen MR) is 145 cm³/mol. The maximum Gasteiger partial charge on any atom is 0.270 e. The van der Waals surface area contributed by atoms with Gasteiger partial charge in [0.25, 0.3) is 11.8 Å². The van der Waals surface area contributed by atoms with E-state index >= 15 is 0 Å². The van der Waals surface area contributed by atoms with Crippen LogP contribution in [0.15, 0.2) is 71.6 Å². The van der Waals surface area contributed by atoms with E-state index in [1.807, 2.05) is 19.1 Å². The molecule has 1 fully saturated rings. The van der Waals surface area contributed by atoms with Crippen LogP contribution < -0.4 is 19.7 Å². The van der Waals surface area contributed by atoms with Crippen molar-refractivity contribution >= 4 is 57.6 Å². The summed E-state index contributed by atoms with van der Waals surface area (Å²) in [7, 11) is 1.57. The molecule has 0 aromatic heterocycles. The SMILES string of the molecule is CCCOc1ccc(/C=C2/SC(=S)N(c3cccc(C(=O)Nc4ccc(F)cc4)c3)C2=O)cc1OC. The van der Waals surface area contributed by atoms with Gasteiger partial charge in [-0.3, -0.25) is 14.5 Å². The molecule has 1 aliphatic heterocycles. The average Bonchev–Trinajstić information content (AvgIpc) is 3.16. The van der Waals surface area contributed by atoms with Gasteiger partial charge >= 0.3 is 0 Å². The predicted octanol–water partition coefficient (Wildman–Crippen LogP) is 6.28. The smallest absolute Gasteiger partial charge is 0.270 e. The van der Waals surface area contributed by atoms with Crippen LogP contribution in [0.3, 0.4) is 0 Å². The minimum Gasteiger partial charge on any atom is -0.493 e. The summed E-state index contributed by atoms with van der Waals surface area (Å²) in [5.41, 5.74) is 2.04. The zero-order valence-electron chi connectivity index (χ0n) is 19.6. The zero-order valence-corrected chi connectivity index (χ0v) is 21.3. The fourth-order valence-electron chi connectivity index (χ4n) is 3.47. The Morgan fingerprint density at radius 1 is 1.11 bits per heavy atom. The van der Waals surface area contributed by atoms with Crippen LogP contribution in [-0.2, 0) is 4.79 Å². The average molecular weight is 523 g/mol. The lowest BCUT2D eigenvalue weighted by molar-refractivity contribution is -0.113. The minimum absolute atomic E-state index is 0.286. The molecule has 4 rings (SSSR count). The lowest BCUT2D eigenvalue weighted by atomic mass is 10.1. The highest BCUT2D eigenvalue weighted by Crippen LogP contribution is 2.37. The van der Waals surface area contributed by atoms with Gasteiger partial charge in [-0.05, 0) is 72.7 Å². The number of rotatable bonds is 8. The van der Waals surface area contributed by atoms with Crippen molar-refractivity contribution < 1.29 is 23.5 Å². The topological polar surface area (TPSA) is 67.9 Å². The van der Waals surface area contributed by atoms with Gasteiger partial charge in [-0.15, -0.1) is 0 Å². The number of nitrogens with zero attached hydrogens (tertiary/aromatic N) is 1. The van der Waals surface area contributed by atoms with Gasteiger partial charge in [-0.1, -0.05) is 43.0 Å². The number of carbonyl (C=O) groups is 2. The van der Waals surface area contributed by atoms with Gasteiger partial charge in [0.1, 0.15) is 5.82 Å². The molecule has 0 unspecified atom stereocenters. The summed E-state index contributed by atoms with van der Waals surface area (Å²) in [5, 5.41) is 2.71. The molecular weight excluding hydrogens is 499 g/mol. The Bertz CT molecular complexity index is 1340. The summed E-state index contributed by atoms with van der Waals surface area (Å²) >= 11 is 6.66. The lowest BCUT2D eigenvalue weighted by Crippen LogP contribution is -2.27. The van der Waals surface area contributed by atoms with E-state index in [0.717, 1.165) is 12.0 Å². The number of anilines is 2. The normalized spacial score (nSPS) is 14.3. The Morgan fingerprint density at radius 2 is 1.89 bits per heavy atom. The maximum absolute atomic E-state index is 13.2. The number of benzene rings is 3. The summed E-state index contributed by atoms with van der Waals surface area (Å²) in [6.07, 6.45) is 2.62. The largest absolute Gasteiger partial charge is 0.493 e. The second-order valence-electron chi connectivity index (χ2n) is 7.79. The molecule has 36 heavy (non-hydrogen) atoms. The highest BCUT2D eigenvalue weighted by Gasteiger charge is 2.33. The number of hydrogen-bond donors (Lipinski definition) is 1. The van der Waals surface area contributed by atoms with E-state index in [-0.39, 0.29) is 11.8 Å². The molecular formula is C27H23FN2O4S2. The van der Waals surface area contributed by atoms with Gasteiger partial charge in [-0.2, -0.15) is 0 Å². The molecule has 2 amide bonds. The van der Waals surface area contributed by atoms with Crippen LogP contribution in [0.2, 0.25) is 0 Å². The third-order valence-electron chi connectivity index (χ3n) is 5.21. The number of nitrogens with one attached hydrogen (secondary N) is 1. The van der Waals surface area contributed by atoms with E-state index in [4.69, 9.17) is 21.7 Å². The Morgan fingerprint density at radius 3 is 2.61 bits per heavy atom. The van der Waals surface area contributed by atoms with Crippen LogP contribution in [0.4, 0.5) is 15.8 Å². The van der Waals surface area contributed by atoms with E-state index in [1.54, 1.807) is 43.5 Å². The van der Waals surface area contributed by atoms with Crippen LogP contribution in [-0.4, -0.2) is 29.9 Å². The van der Waals surface area contributed by atoms with Crippen molar-refractivity contribution in [2.45, 2.75) is 13.3 Å². The highest BCUT2D eigenvalue weighted by atomic mass is 32.2. The summed E-state index contributed by atoms with van der Waals surface area (Å²) in [4.78, 5) is 27.8. The molecule has 1 N–H and O–H groups in total. The Hall–Kier alpha value is -3.69. The van der Waals surface area contributed by atoms with Crippen molar-refractivity contribution in [3.63, 3.8) is 0 Å². The molecule has 1 aliphatic rings. The molecule has 1 heterocycles. The molecule has 9 heteroatoms. The monoisotopic (exact) mass is 522 g/mol. The molecule has 6 nitrogen and oxygen atoms in total. The molecule has 0 radical (unpaired) electrons. The Kier molecular flexibility index (Phi) is 8.02. The van der Waals surface area contributed by atoms with Crippen LogP contribution in [0.25, 0.3) is 6.08 Å². The molecule has 0 spiro atoms. The van der Waals surface area contributed by atoms with Crippen molar-refractivity contribution in [1.29, 1.82) is 0 Å². The third-order valence-corrected chi connectivity index (χ3v) is 6.51. The van der Waals surface area contributed by atoms with Gasteiger partial charge in [0, 0.05) is 11.3 Å². The number of thiocarbonyl (C=S) groups is 1. The maximum atomic E-state index is 13.2. The third kappa shape index (κ3) is 5.75. The zero-order chi connectivity index (χ0) is 25.7. The van der Waals surface area contributed by atoms with Crippen LogP contribution in [0.5, 0.6) is 11.5 Å². The van der Waals surface area contributed by atoms with Gasteiger partial charge < -0.3 is 14.8 Å². The summed E-state index contributed by atoms with van der Waals surface area (Å²) in [6.45, 7) is 2.60. The van der Waals surface area contributed by atoms with E-state index in [2.05, 4.69) is 5.32 Å². The number of carbonyl (C=O) groups excluding carboxylic acids is 2. The number of hydrogen-bond acceptors (Lipinski definition) is 6. The Labute approximate surface area is 218 Å². The highest BCUT2D eigenvalue weighted by molar-refractivity contribution is 8.27. The number of amides is 2. The molecule has 0 saturated carbocycles. The van der Waals surface area contributed by atoms with Gasteiger partial charge in [-0.25, -0.2) is 4.39 Å². The molecule has 3 aromatic carbocycles. The number of halogens is 1. The first-order valence-electron chi connectivity index (χ1n) is 11.2. The number of thioether (sulfide) groups is 1. The molecule has 0 bridgehead atoms. The van der Waals surface area contributed by atoms with E-state index in [1.165, 1.54) is 40.9 Å². The fourth-order valence-corrected chi connectivity index (χ4v) is 4.77. The summed E-state index contributed by atoms with van der Waals surface area (Å²) < 4.78 is 24.6. The van der Waals surface area contributed by atoms with Crippen LogP contribution in [0.1, 0.15) is 29.3 Å². The van der Waals surface area contributed by atoms with E-state index in [9.17, 15) is 14.0 Å². The number of methoxy groups -OCH3 is 1. The van der Waals surface area contributed by atoms with Gasteiger partial charge in [0.05, 0.1) is 24.3 Å². The lowest BCUT2D eigenvalue weighted by Gasteiger charge is -2.15. The fraction of sp³-hybridized carbons (Fsp3) is 0.148. The number of ether oxygens (including phenoxy) is 2. The molecule has 3 aromatic rings. The summed E-state index contributed by atoms with van der Waals surface area (Å²) in [6, 6.07) is 17.5.